The van der Waals surface area contributed by atoms with Gasteiger partial charge in [-0.1, -0.05) is 0 Å². The lowest BCUT2D eigenvalue weighted by molar-refractivity contribution is 0.327. The molecule has 2 rings (SSSR count). The van der Waals surface area contributed by atoms with Crippen LogP contribution in [0.2, 0.25) is 0 Å². The normalized spacial score (nSPS) is 28.1. The molecule has 2 heterocycles. The van der Waals surface area contributed by atoms with Crippen LogP contribution >= 0.6 is 0 Å². The van der Waals surface area contributed by atoms with Crippen molar-refractivity contribution in [2.24, 2.45) is 5.73 Å². The zero-order valence-electron chi connectivity index (χ0n) is 9.98. The van der Waals surface area contributed by atoms with Gasteiger partial charge in [-0.15, -0.1) is 0 Å². The number of sulfone groups is 1. The second-order valence-electron chi connectivity index (χ2n) is 4.93. The molecule has 0 bridgehead atoms. The van der Waals surface area contributed by atoms with E-state index >= 15 is 0 Å². The summed E-state index contributed by atoms with van der Waals surface area (Å²) in [5.74, 6) is 1.66. The molecule has 1 aliphatic rings. The molecule has 1 aromatic heterocycles. The Morgan fingerprint density at radius 2 is 2.35 bits per heavy atom. The fourth-order valence-corrected chi connectivity index (χ4v) is 4.29. The van der Waals surface area contributed by atoms with Gasteiger partial charge in [0.1, 0.15) is 5.76 Å². The van der Waals surface area contributed by atoms with Crippen molar-refractivity contribution in [1.29, 1.82) is 0 Å². The van der Waals surface area contributed by atoms with Gasteiger partial charge in [0.2, 0.25) is 5.89 Å². The Balaban J connectivity index is 2.24. The van der Waals surface area contributed by atoms with Gasteiger partial charge in [-0.3, -0.25) is 0 Å². The topological polar surface area (TPSA) is 86.2 Å². The number of nitrogens with zero attached hydrogens (tertiary/aromatic N) is 1. The number of nitrogens with two attached hydrogens (primary N) is 1. The molecule has 96 valence electrons. The number of aromatic nitrogens is 1. The lowest BCUT2D eigenvalue weighted by Gasteiger charge is -2.29. The van der Waals surface area contributed by atoms with Crippen LogP contribution < -0.4 is 5.73 Å². The van der Waals surface area contributed by atoms with Crippen LogP contribution in [0.4, 0.5) is 0 Å². The van der Waals surface area contributed by atoms with Gasteiger partial charge in [-0.25, -0.2) is 13.4 Å². The van der Waals surface area contributed by atoms with E-state index in [1.807, 2.05) is 6.92 Å². The second kappa shape index (κ2) is 4.42. The van der Waals surface area contributed by atoms with Crippen LogP contribution in [0, 0.1) is 0 Å². The van der Waals surface area contributed by atoms with Crippen molar-refractivity contribution in [1.82, 2.24) is 4.98 Å². The third kappa shape index (κ3) is 2.69. The highest BCUT2D eigenvalue weighted by Gasteiger charge is 2.40. The van der Waals surface area contributed by atoms with Crippen LogP contribution in [0.5, 0.6) is 0 Å². The highest BCUT2D eigenvalue weighted by atomic mass is 32.2. The van der Waals surface area contributed by atoms with Crippen LogP contribution in [0.1, 0.15) is 31.4 Å². The third-order valence-corrected chi connectivity index (χ3v) is 5.17. The summed E-state index contributed by atoms with van der Waals surface area (Å²) in [4.78, 5) is 4.21. The SMILES string of the molecule is CC1(c2ncc(CCN)o2)CCCS(=O)(=O)C1. The Kier molecular flexibility index (Phi) is 3.27. The molecule has 0 aromatic carbocycles. The van der Waals surface area contributed by atoms with Gasteiger partial charge in [0.25, 0.3) is 0 Å². The lowest BCUT2D eigenvalue weighted by Crippen LogP contribution is -2.37. The lowest BCUT2D eigenvalue weighted by atomic mass is 9.87. The monoisotopic (exact) mass is 258 g/mol. The summed E-state index contributed by atoms with van der Waals surface area (Å²) in [6.45, 7) is 2.41. The molecule has 6 heteroatoms. The number of hydrogen-bond acceptors (Lipinski definition) is 5. The molecular weight excluding hydrogens is 240 g/mol. The van der Waals surface area contributed by atoms with E-state index in [1.165, 1.54) is 0 Å². The van der Waals surface area contributed by atoms with Crippen LogP contribution in [0.15, 0.2) is 10.6 Å². The van der Waals surface area contributed by atoms with Crippen molar-refractivity contribution in [3.05, 3.63) is 17.8 Å². The van der Waals surface area contributed by atoms with Crippen LogP contribution in [0.25, 0.3) is 0 Å². The number of oxazole rings is 1. The van der Waals surface area contributed by atoms with Crippen molar-refractivity contribution in [2.45, 2.75) is 31.6 Å². The van der Waals surface area contributed by atoms with Crippen molar-refractivity contribution in [2.75, 3.05) is 18.1 Å². The van der Waals surface area contributed by atoms with Crippen molar-refractivity contribution < 1.29 is 12.8 Å². The molecule has 1 atom stereocenters. The predicted molar refractivity (Wildman–Crippen MR) is 64.5 cm³/mol. The highest BCUT2D eigenvalue weighted by Crippen LogP contribution is 2.34. The molecule has 0 radical (unpaired) electrons. The van der Waals surface area contributed by atoms with Gasteiger partial charge in [0.05, 0.1) is 23.1 Å². The summed E-state index contributed by atoms with van der Waals surface area (Å²) in [6.07, 6.45) is 3.76. The quantitative estimate of drug-likeness (QED) is 0.860. The first-order valence-corrected chi connectivity index (χ1v) is 7.63. The predicted octanol–water partition coefficient (Wildman–Crippen LogP) is 0.642. The molecule has 0 aliphatic carbocycles. The maximum Gasteiger partial charge on any atom is 0.201 e. The summed E-state index contributed by atoms with van der Waals surface area (Å²) in [5.41, 5.74) is 4.96. The first-order valence-electron chi connectivity index (χ1n) is 5.81. The van der Waals surface area contributed by atoms with Gasteiger partial charge < -0.3 is 10.2 Å². The molecule has 0 amide bonds. The molecule has 1 fully saturated rings. The van der Waals surface area contributed by atoms with Crippen molar-refractivity contribution >= 4 is 9.84 Å². The number of hydrogen-bond donors (Lipinski definition) is 1. The molecule has 1 unspecified atom stereocenters. The first-order chi connectivity index (χ1) is 7.95. The Morgan fingerprint density at radius 3 is 3.00 bits per heavy atom. The van der Waals surface area contributed by atoms with E-state index in [1.54, 1.807) is 6.20 Å². The largest absolute Gasteiger partial charge is 0.445 e. The molecule has 17 heavy (non-hydrogen) atoms. The van der Waals surface area contributed by atoms with Gasteiger partial charge >= 0.3 is 0 Å². The van der Waals surface area contributed by atoms with Crippen LogP contribution in [0.3, 0.4) is 0 Å². The Labute approximate surface area is 101 Å². The third-order valence-electron chi connectivity index (χ3n) is 3.18. The van der Waals surface area contributed by atoms with Gasteiger partial charge in [0, 0.05) is 6.42 Å². The molecule has 0 saturated carbocycles. The van der Waals surface area contributed by atoms with Gasteiger partial charge in [-0.05, 0) is 26.3 Å². The van der Waals surface area contributed by atoms with Crippen molar-refractivity contribution in [3.63, 3.8) is 0 Å². The Bertz CT molecular complexity index is 495. The zero-order valence-corrected chi connectivity index (χ0v) is 10.8. The minimum Gasteiger partial charge on any atom is -0.445 e. The van der Waals surface area contributed by atoms with Crippen molar-refractivity contribution in [3.8, 4) is 0 Å². The van der Waals surface area contributed by atoms with Crippen LogP contribution in [-0.2, 0) is 21.7 Å². The van der Waals surface area contributed by atoms with Crippen LogP contribution in [-0.4, -0.2) is 31.5 Å². The average Bonchev–Trinajstić information content (AvgIpc) is 2.65. The fourth-order valence-electron chi connectivity index (χ4n) is 2.33. The molecular formula is C11H18N2O3S. The second-order valence-corrected chi connectivity index (χ2v) is 7.11. The standard InChI is InChI=1S/C11H18N2O3S/c1-11(4-2-6-17(14,15)8-11)10-13-7-9(16-10)3-5-12/h7H,2-6,8,12H2,1H3. The van der Waals surface area contributed by atoms with E-state index in [4.69, 9.17) is 10.2 Å². The maximum absolute atomic E-state index is 11.7. The summed E-state index contributed by atoms with van der Waals surface area (Å²) in [7, 11) is -2.97. The minimum absolute atomic E-state index is 0.128. The van der Waals surface area contributed by atoms with Gasteiger partial charge in [-0.2, -0.15) is 0 Å². The van der Waals surface area contributed by atoms with E-state index in [2.05, 4.69) is 4.98 Å². The average molecular weight is 258 g/mol. The zero-order chi connectivity index (χ0) is 12.5. The molecule has 1 aliphatic heterocycles. The summed E-state index contributed by atoms with van der Waals surface area (Å²) in [5, 5.41) is 0. The Morgan fingerprint density at radius 1 is 1.59 bits per heavy atom. The molecule has 1 saturated heterocycles. The molecule has 5 nitrogen and oxygen atoms in total. The first kappa shape index (κ1) is 12.6. The molecule has 2 N–H and O–H groups in total. The minimum atomic E-state index is -2.97. The van der Waals surface area contributed by atoms with Gasteiger partial charge in [0.15, 0.2) is 9.84 Å². The summed E-state index contributed by atoms with van der Waals surface area (Å²) in [6, 6.07) is 0. The smallest absolute Gasteiger partial charge is 0.201 e. The maximum atomic E-state index is 11.7. The van der Waals surface area contributed by atoms with E-state index in [9.17, 15) is 8.42 Å². The van der Waals surface area contributed by atoms with E-state index < -0.39 is 15.3 Å². The van der Waals surface area contributed by atoms with E-state index in [0.717, 1.165) is 12.2 Å². The van der Waals surface area contributed by atoms with E-state index in [0.29, 0.717) is 25.3 Å². The molecule has 0 spiro atoms. The Hall–Kier alpha value is -0.880. The summed E-state index contributed by atoms with van der Waals surface area (Å²) >= 11 is 0. The summed E-state index contributed by atoms with van der Waals surface area (Å²) < 4.78 is 29.0. The fraction of sp³-hybridized carbons (Fsp3) is 0.727. The highest BCUT2D eigenvalue weighted by molar-refractivity contribution is 7.91. The van der Waals surface area contributed by atoms with E-state index in [-0.39, 0.29) is 11.5 Å². The molecule has 1 aromatic rings. The number of rotatable bonds is 3.